The van der Waals surface area contributed by atoms with Crippen molar-refractivity contribution in [1.29, 1.82) is 0 Å². The molecule has 0 amide bonds. The summed E-state index contributed by atoms with van der Waals surface area (Å²) in [6, 6.07) is -0.680. The van der Waals surface area contributed by atoms with Crippen molar-refractivity contribution in [1.82, 2.24) is 5.32 Å². The Labute approximate surface area is 197 Å². The van der Waals surface area contributed by atoms with Crippen LogP contribution in [0.15, 0.2) is 0 Å². The van der Waals surface area contributed by atoms with Crippen molar-refractivity contribution < 1.29 is 48.4 Å². The van der Waals surface area contributed by atoms with Crippen molar-refractivity contribution in [2.75, 3.05) is 33.5 Å². The molecule has 0 spiro atoms. The van der Waals surface area contributed by atoms with Crippen LogP contribution in [0.1, 0.15) is 59.3 Å². The quantitative estimate of drug-likeness (QED) is 0.0712. The van der Waals surface area contributed by atoms with Gasteiger partial charge in [0.15, 0.2) is 0 Å². The molecule has 0 aromatic carbocycles. The van der Waals surface area contributed by atoms with Crippen LogP contribution in [-0.2, 0) is 38.3 Å². The Hall–Kier alpha value is -3.23. The minimum atomic E-state index is -0.886. The van der Waals surface area contributed by atoms with Crippen LogP contribution in [0.2, 0.25) is 0 Å². The van der Waals surface area contributed by atoms with Crippen LogP contribution in [0.5, 0.6) is 0 Å². The van der Waals surface area contributed by atoms with E-state index in [0.29, 0.717) is 32.2 Å². The van der Waals surface area contributed by atoms with Gasteiger partial charge in [-0.3, -0.25) is 14.4 Å². The summed E-state index contributed by atoms with van der Waals surface area (Å²) in [7, 11) is 1.55. The largest absolute Gasteiger partial charge is 0.466 e. The van der Waals surface area contributed by atoms with Gasteiger partial charge in [0.1, 0.15) is 11.6 Å². The van der Waals surface area contributed by atoms with Crippen molar-refractivity contribution in [3.63, 3.8) is 0 Å². The fourth-order valence-electron chi connectivity index (χ4n) is 2.00. The normalized spacial score (nSPS) is 11.2. The monoisotopic (exact) mass is 497 g/mol. The van der Waals surface area contributed by atoms with Gasteiger partial charge in [0, 0.05) is 6.42 Å². The minimum absolute atomic E-state index is 0.00266. The van der Waals surface area contributed by atoms with Gasteiger partial charge >= 0.3 is 11.9 Å². The third-order valence-electron chi connectivity index (χ3n) is 3.65. The van der Waals surface area contributed by atoms with Crippen LogP contribution < -0.4 is 5.32 Å². The predicted molar refractivity (Wildman–Crippen MR) is 115 cm³/mol. The van der Waals surface area contributed by atoms with Gasteiger partial charge in [-0.05, 0) is 59.9 Å². The van der Waals surface area contributed by atoms with E-state index in [9.17, 15) is 34.6 Å². The van der Waals surface area contributed by atoms with E-state index in [0.717, 1.165) is 0 Å². The van der Waals surface area contributed by atoms with Crippen molar-refractivity contribution in [2.45, 2.75) is 70.9 Å². The second kappa shape index (κ2) is 20.4. The van der Waals surface area contributed by atoms with E-state index in [1.807, 2.05) is 20.8 Å². The second-order valence-electron chi connectivity index (χ2n) is 7.62. The minimum Gasteiger partial charge on any atom is -0.466 e. The maximum absolute atomic E-state index is 11.9. The highest BCUT2D eigenvalue weighted by molar-refractivity contribution is 5.77. The molecule has 0 rings (SSSR count). The molecule has 15 nitrogen and oxygen atoms in total. The van der Waals surface area contributed by atoms with Gasteiger partial charge in [0.2, 0.25) is 0 Å². The molecule has 0 heterocycles. The summed E-state index contributed by atoms with van der Waals surface area (Å²) in [5.74, 6) is -1.02. The number of unbranched alkanes of at least 4 members (excludes halogenated alkanes) is 2. The van der Waals surface area contributed by atoms with E-state index in [-0.39, 0.29) is 44.9 Å². The molecule has 198 valence electrons. The van der Waals surface area contributed by atoms with Crippen LogP contribution >= 0.6 is 0 Å². The van der Waals surface area contributed by atoms with Gasteiger partial charge in [-0.1, -0.05) is 0 Å². The number of nitrogens with zero attached hydrogens (tertiary/aromatic N) is 2. The first-order valence-corrected chi connectivity index (χ1v) is 10.6. The van der Waals surface area contributed by atoms with E-state index >= 15 is 0 Å². The van der Waals surface area contributed by atoms with Crippen LogP contribution in [0.3, 0.4) is 0 Å². The van der Waals surface area contributed by atoms with Gasteiger partial charge in [0.25, 0.3) is 16.6 Å². The number of ether oxygens (including phenoxy) is 3. The van der Waals surface area contributed by atoms with E-state index in [2.05, 4.69) is 19.7 Å². The highest BCUT2D eigenvalue weighted by Crippen LogP contribution is 2.04. The molecule has 0 aliphatic carbocycles. The Morgan fingerprint density at radius 1 is 0.912 bits per heavy atom. The van der Waals surface area contributed by atoms with E-state index in [4.69, 9.17) is 9.47 Å². The maximum atomic E-state index is 11.9. The first-order chi connectivity index (χ1) is 15.9. The summed E-state index contributed by atoms with van der Waals surface area (Å²) in [6.07, 6.45) is 1.78. The fourth-order valence-corrected chi connectivity index (χ4v) is 2.00. The van der Waals surface area contributed by atoms with Crippen LogP contribution in [0.25, 0.3) is 0 Å². The molecular weight excluding hydrogens is 462 g/mol. The smallest absolute Gasteiger partial charge is 0.323 e. The Balaban J connectivity index is 0. The molecule has 1 unspecified atom stereocenters. The lowest BCUT2D eigenvalue weighted by Gasteiger charge is -2.15. The molecule has 0 aromatic rings. The third-order valence-corrected chi connectivity index (χ3v) is 3.65. The second-order valence-corrected chi connectivity index (χ2v) is 7.62. The SMILES string of the molecule is CC(C)(C)OC=O.CNC(CCC(=O)OCCCCO[N+](=O)[O-])C(=O)OCCCCO[N+](=O)[O-]. The Morgan fingerprint density at radius 3 is 1.76 bits per heavy atom. The molecule has 0 saturated carbocycles. The Bertz CT molecular complexity index is 610. The molecule has 34 heavy (non-hydrogen) atoms. The van der Waals surface area contributed by atoms with Crippen molar-refractivity contribution >= 4 is 18.4 Å². The average Bonchev–Trinajstić information content (AvgIpc) is 2.72. The lowest BCUT2D eigenvalue weighted by molar-refractivity contribution is -0.757. The van der Waals surface area contributed by atoms with Gasteiger partial charge in [-0.15, -0.1) is 20.2 Å². The fraction of sp³-hybridized carbons (Fsp3) is 0.842. The summed E-state index contributed by atoms with van der Waals surface area (Å²) in [5.41, 5.74) is -0.318. The zero-order chi connectivity index (χ0) is 26.4. The molecule has 0 saturated heterocycles. The third kappa shape index (κ3) is 25.0. The zero-order valence-corrected chi connectivity index (χ0v) is 20.0. The first-order valence-electron chi connectivity index (χ1n) is 10.6. The number of hydrogen-bond donors (Lipinski definition) is 1. The molecule has 15 heteroatoms. The predicted octanol–water partition coefficient (Wildman–Crippen LogP) is 1.38. The summed E-state index contributed by atoms with van der Waals surface area (Å²) >= 11 is 0. The Kier molecular flexibility index (Phi) is 19.8. The summed E-state index contributed by atoms with van der Waals surface area (Å²) in [6.45, 7) is 6.00. The van der Waals surface area contributed by atoms with Gasteiger partial charge in [-0.25, -0.2) is 0 Å². The van der Waals surface area contributed by atoms with E-state index in [1.54, 1.807) is 7.05 Å². The number of esters is 2. The van der Waals surface area contributed by atoms with Crippen molar-refractivity contribution in [3.05, 3.63) is 20.2 Å². The number of rotatable bonds is 18. The maximum Gasteiger partial charge on any atom is 0.323 e. The first kappa shape index (κ1) is 32.9. The van der Waals surface area contributed by atoms with Gasteiger partial charge in [0.05, 0.1) is 26.4 Å². The molecule has 0 fully saturated rings. The number of likely N-dealkylation sites (N-methyl/N-ethyl adjacent to an activating group) is 1. The molecule has 0 aromatic heterocycles. The number of carbonyl (C=O) groups excluding carboxylic acids is 3. The van der Waals surface area contributed by atoms with Gasteiger partial charge in [-0.2, -0.15) is 0 Å². The number of nitrogens with one attached hydrogen (secondary N) is 1. The molecule has 0 bridgehead atoms. The molecule has 0 radical (unpaired) electrons. The zero-order valence-electron chi connectivity index (χ0n) is 20.0. The summed E-state index contributed by atoms with van der Waals surface area (Å²) < 4.78 is 14.5. The standard InChI is InChI=1S/C14H25N3O10.C5H10O2/c1-15-12(14(19)25-9-3-5-11-27-17(22)23)6-7-13(18)24-8-2-4-10-26-16(20)21;1-5(2,3)7-4-6/h12,15H,2-11H2,1H3;4H,1-3H3. The lowest BCUT2D eigenvalue weighted by atomic mass is 10.1. The number of hydrogen-bond acceptors (Lipinski definition) is 13. The van der Waals surface area contributed by atoms with Crippen LogP contribution in [-0.4, -0.2) is 73.7 Å². The average molecular weight is 497 g/mol. The summed E-state index contributed by atoms with van der Waals surface area (Å²) in [5, 5.41) is 20.9. The highest BCUT2D eigenvalue weighted by atomic mass is 17.0. The molecule has 0 aliphatic rings. The summed E-state index contributed by atoms with van der Waals surface area (Å²) in [4.78, 5) is 61.2. The van der Waals surface area contributed by atoms with Crippen LogP contribution in [0.4, 0.5) is 0 Å². The molecule has 1 N–H and O–H groups in total. The van der Waals surface area contributed by atoms with Crippen molar-refractivity contribution in [2.24, 2.45) is 0 Å². The van der Waals surface area contributed by atoms with E-state index < -0.39 is 28.2 Å². The van der Waals surface area contributed by atoms with E-state index in [1.165, 1.54) is 0 Å². The Morgan fingerprint density at radius 2 is 1.38 bits per heavy atom. The lowest BCUT2D eigenvalue weighted by Crippen LogP contribution is -2.36. The van der Waals surface area contributed by atoms with Crippen molar-refractivity contribution in [3.8, 4) is 0 Å². The number of carbonyl (C=O) groups is 3. The van der Waals surface area contributed by atoms with Gasteiger partial charge < -0.3 is 29.2 Å². The highest BCUT2D eigenvalue weighted by Gasteiger charge is 2.19. The molecular formula is C19H35N3O12. The van der Waals surface area contributed by atoms with Crippen LogP contribution in [0, 0.1) is 20.2 Å². The topological polar surface area (TPSA) is 196 Å². The molecule has 0 aliphatic heterocycles. The molecule has 1 atom stereocenters.